The Morgan fingerprint density at radius 1 is 1.17 bits per heavy atom. The Morgan fingerprint density at radius 2 is 1.79 bits per heavy atom. The summed E-state index contributed by atoms with van der Waals surface area (Å²) in [4.78, 5) is 37.5. The first-order chi connectivity index (χ1) is 11.2. The van der Waals surface area contributed by atoms with Gasteiger partial charge in [-0.2, -0.15) is 0 Å². The Kier molecular flexibility index (Phi) is 6.91. The van der Waals surface area contributed by atoms with Crippen LogP contribution in [0.5, 0.6) is 0 Å². The number of ether oxygens (including phenoxy) is 2. The first kappa shape index (κ1) is 19.6. The molecule has 1 aromatic carbocycles. The molecule has 7 heteroatoms. The van der Waals surface area contributed by atoms with E-state index in [0.29, 0.717) is 0 Å². The van der Waals surface area contributed by atoms with Gasteiger partial charge < -0.3 is 15.2 Å². The van der Waals surface area contributed by atoms with Crippen molar-refractivity contribution in [2.75, 3.05) is 24.6 Å². The van der Waals surface area contributed by atoms with Crippen molar-refractivity contribution in [2.24, 2.45) is 5.73 Å². The van der Waals surface area contributed by atoms with Crippen LogP contribution < -0.4 is 10.6 Å². The van der Waals surface area contributed by atoms with Crippen molar-refractivity contribution < 1.29 is 23.9 Å². The molecule has 0 fully saturated rings. The summed E-state index contributed by atoms with van der Waals surface area (Å²) in [5, 5.41) is 0. The summed E-state index contributed by atoms with van der Waals surface area (Å²) in [6.45, 7) is 6.42. The fourth-order valence-corrected chi connectivity index (χ4v) is 2.01. The highest BCUT2D eigenvalue weighted by Crippen LogP contribution is 2.22. The van der Waals surface area contributed by atoms with Crippen LogP contribution in [-0.2, 0) is 19.1 Å². The second-order valence-electron chi connectivity index (χ2n) is 6.01. The smallest absolute Gasteiger partial charge is 0.340 e. The van der Waals surface area contributed by atoms with Crippen LogP contribution in [-0.4, -0.2) is 43.1 Å². The number of nitrogens with zero attached hydrogens (tertiary/aromatic N) is 1. The van der Waals surface area contributed by atoms with Gasteiger partial charge in [-0.25, -0.2) is 4.79 Å². The van der Waals surface area contributed by atoms with Crippen LogP contribution in [0, 0.1) is 0 Å². The molecule has 0 aromatic heterocycles. The summed E-state index contributed by atoms with van der Waals surface area (Å²) in [7, 11) is 0. The fourth-order valence-electron chi connectivity index (χ4n) is 2.01. The topological polar surface area (TPSA) is 98.9 Å². The number of rotatable bonds is 6. The van der Waals surface area contributed by atoms with Crippen molar-refractivity contribution in [1.82, 2.24) is 0 Å². The van der Waals surface area contributed by atoms with Gasteiger partial charge in [0.1, 0.15) is 12.1 Å². The fraction of sp³-hybridized carbons (Fsp3) is 0.471. The molecule has 24 heavy (non-hydrogen) atoms. The molecule has 0 radical (unpaired) electrons. The highest BCUT2D eigenvalue weighted by molar-refractivity contribution is 6.05. The number of anilines is 1. The minimum atomic E-state index is -0.685. The molecular formula is C17H24N2O5. The van der Waals surface area contributed by atoms with Gasteiger partial charge in [-0.1, -0.05) is 12.1 Å². The Bertz CT molecular complexity index is 607. The quantitative estimate of drug-likeness (QED) is 0.790. The Labute approximate surface area is 141 Å². The van der Waals surface area contributed by atoms with Crippen LogP contribution in [0.1, 0.15) is 38.1 Å². The zero-order valence-corrected chi connectivity index (χ0v) is 14.5. The van der Waals surface area contributed by atoms with Crippen molar-refractivity contribution in [3.8, 4) is 0 Å². The van der Waals surface area contributed by atoms with E-state index >= 15 is 0 Å². The van der Waals surface area contributed by atoms with E-state index in [4.69, 9.17) is 15.2 Å². The number of carbonyl (C=O) groups excluding carboxylic acids is 3. The lowest BCUT2D eigenvalue weighted by atomic mass is 10.1. The summed E-state index contributed by atoms with van der Waals surface area (Å²) in [6, 6.07) is 6.39. The molecule has 0 bridgehead atoms. The van der Waals surface area contributed by atoms with Gasteiger partial charge in [-0.15, -0.1) is 0 Å². The average molecular weight is 336 g/mol. The van der Waals surface area contributed by atoms with E-state index in [-0.39, 0.29) is 30.9 Å². The number of hydrogen-bond donors (Lipinski definition) is 1. The van der Waals surface area contributed by atoms with Gasteiger partial charge >= 0.3 is 11.9 Å². The van der Waals surface area contributed by atoms with E-state index in [9.17, 15) is 14.4 Å². The lowest BCUT2D eigenvalue weighted by Gasteiger charge is -2.26. The molecule has 0 saturated carbocycles. The van der Waals surface area contributed by atoms with Crippen LogP contribution in [0.4, 0.5) is 5.69 Å². The average Bonchev–Trinajstić information content (AvgIpc) is 2.50. The van der Waals surface area contributed by atoms with Gasteiger partial charge in [-0.3, -0.25) is 14.5 Å². The summed E-state index contributed by atoms with van der Waals surface area (Å²) >= 11 is 0. The third kappa shape index (κ3) is 5.66. The van der Waals surface area contributed by atoms with E-state index in [0.717, 1.165) is 4.90 Å². The van der Waals surface area contributed by atoms with Gasteiger partial charge in [0.05, 0.1) is 24.4 Å². The number of para-hydroxylation sites is 1. The van der Waals surface area contributed by atoms with Gasteiger partial charge in [0.25, 0.3) is 0 Å². The largest absolute Gasteiger partial charge is 0.462 e. The number of amides is 1. The monoisotopic (exact) mass is 336 g/mol. The zero-order valence-electron chi connectivity index (χ0n) is 14.5. The van der Waals surface area contributed by atoms with Crippen LogP contribution >= 0.6 is 0 Å². The van der Waals surface area contributed by atoms with Gasteiger partial charge in [0.15, 0.2) is 0 Å². The maximum atomic E-state index is 12.2. The molecule has 0 spiro atoms. The number of hydrogen-bond acceptors (Lipinski definition) is 6. The van der Waals surface area contributed by atoms with Gasteiger partial charge in [0.2, 0.25) is 5.91 Å². The number of nitrogens with two attached hydrogens (primary N) is 1. The third-order valence-corrected chi connectivity index (χ3v) is 2.87. The summed E-state index contributed by atoms with van der Waals surface area (Å²) in [5.74, 6) is -1.67. The standard InChI is InChI=1S/C17H24N2O5/c1-5-23-16(22)12-8-6-7-9-13(12)19(14(20)10-18)11-15(21)24-17(2,3)4/h6-9H,5,10-11,18H2,1-4H3. The third-order valence-electron chi connectivity index (χ3n) is 2.87. The second kappa shape index (κ2) is 8.44. The predicted molar refractivity (Wildman–Crippen MR) is 89.7 cm³/mol. The molecule has 0 aliphatic carbocycles. The Morgan fingerprint density at radius 3 is 2.33 bits per heavy atom. The van der Waals surface area contributed by atoms with E-state index in [1.54, 1.807) is 45.9 Å². The first-order valence-corrected chi connectivity index (χ1v) is 7.68. The first-order valence-electron chi connectivity index (χ1n) is 7.68. The lowest BCUT2D eigenvalue weighted by molar-refractivity contribution is -0.153. The van der Waals surface area contributed by atoms with Crippen molar-refractivity contribution in [3.05, 3.63) is 29.8 Å². The van der Waals surface area contributed by atoms with Crippen LogP contribution in [0.3, 0.4) is 0 Å². The van der Waals surface area contributed by atoms with Gasteiger partial charge in [0, 0.05) is 0 Å². The van der Waals surface area contributed by atoms with Crippen LogP contribution in [0.25, 0.3) is 0 Å². The Balaban J connectivity index is 3.16. The van der Waals surface area contributed by atoms with E-state index in [1.807, 2.05) is 0 Å². The minimum Gasteiger partial charge on any atom is -0.462 e. The van der Waals surface area contributed by atoms with Gasteiger partial charge in [-0.05, 0) is 39.8 Å². The molecule has 0 heterocycles. The van der Waals surface area contributed by atoms with Crippen molar-refractivity contribution in [2.45, 2.75) is 33.3 Å². The summed E-state index contributed by atoms with van der Waals surface area (Å²) in [5.41, 5.74) is 5.20. The van der Waals surface area contributed by atoms with Crippen LogP contribution in [0.15, 0.2) is 24.3 Å². The molecular weight excluding hydrogens is 312 g/mol. The number of benzene rings is 1. The van der Waals surface area contributed by atoms with E-state index in [2.05, 4.69) is 0 Å². The van der Waals surface area contributed by atoms with Crippen molar-refractivity contribution in [3.63, 3.8) is 0 Å². The molecule has 1 rings (SSSR count). The van der Waals surface area contributed by atoms with Crippen molar-refractivity contribution >= 4 is 23.5 Å². The second-order valence-corrected chi connectivity index (χ2v) is 6.01. The molecule has 0 aliphatic heterocycles. The molecule has 132 valence electrons. The highest BCUT2D eigenvalue weighted by Gasteiger charge is 2.26. The van der Waals surface area contributed by atoms with E-state index < -0.39 is 23.4 Å². The molecule has 0 aliphatic rings. The molecule has 2 N–H and O–H groups in total. The predicted octanol–water partition coefficient (Wildman–Crippen LogP) is 1.50. The normalized spacial score (nSPS) is 10.9. The molecule has 1 aromatic rings. The summed E-state index contributed by atoms with van der Waals surface area (Å²) < 4.78 is 10.2. The Hall–Kier alpha value is -2.41. The molecule has 1 amide bonds. The number of carbonyl (C=O) groups is 3. The number of esters is 2. The molecule has 0 atom stereocenters. The minimum absolute atomic E-state index is 0.185. The maximum Gasteiger partial charge on any atom is 0.340 e. The maximum absolute atomic E-state index is 12.2. The molecule has 0 unspecified atom stereocenters. The van der Waals surface area contributed by atoms with E-state index in [1.165, 1.54) is 6.07 Å². The molecule has 7 nitrogen and oxygen atoms in total. The van der Waals surface area contributed by atoms with Crippen LogP contribution in [0.2, 0.25) is 0 Å². The van der Waals surface area contributed by atoms with Crippen molar-refractivity contribution in [1.29, 1.82) is 0 Å². The lowest BCUT2D eigenvalue weighted by Crippen LogP contribution is -2.42. The zero-order chi connectivity index (χ0) is 18.3. The molecule has 0 saturated heterocycles. The highest BCUT2D eigenvalue weighted by atomic mass is 16.6. The summed E-state index contributed by atoms with van der Waals surface area (Å²) in [6.07, 6.45) is 0. The SMILES string of the molecule is CCOC(=O)c1ccccc1N(CC(=O)OC(C)(C)C)C(=O)CN.